The number of hydrogen-bond donors (Lipinski definition) is 1. The predicted molar refractivity (Wildman–Crippen MR) is 30.8 cm³/mol. The first kappa shape index (κ1) is 98.0. The van der Waals surface area contributed by atoms with Crippen molar-refractivity contribution in [2.75, 3.05) is 0 Å². The first-order valence-electron chi connectivity index (χ1n) is 0.548. The van der Waals surface area contributed by atoms with Crippen molar-refractivity contribution in [2.24, 2.45) is 0 Å². The highest BCUT2D eigenvalue weighted by Gasteiger charge is 1.45. The third kappa shape index (κ3) is 175. The predicted octanol–water partition coefficient (Wildman–Crippen LogP) is -3.16. The fourth-order valence-corrected chi connectivity index (χ4v) is 0. The molecule has 0 aliphatic carbocycles. The molecule has 0 radical (unpaired) electrons. The van der Waals surface area contributed by atoms with Crippen molar-refractivity contribution in [3.8, 4) is 0 Å². The number of nitrogens with zero attached hydrogens (tertiary/aromatic N) is 1. The summed E-state index contributed by atoms with van der Waals surface area (Å²) < 4.78 is 0. The van der Waals surface area contributed by atoms with E-state index in [1.165, 1.54) is 0 Å². The van der Waals surface area contributed by atoms with Gasteiger partial charge in [-0.1, -0.05) is 0 Å². The van der Waals surface area contributed by atoms with Crippen LogP contribution in [0.5, 0.6) is 0 Å². The van der Waals surface area contributed by atoms with E-state index in [2.05, 4.69) is 0 Å². The van der Waals surface area contributed by atoms with E-state index in [1.807, 2.05) is 0 Å². The normalized spacial score (nSPS) is 2.67. The van der Waals surface area contributed by atoms with Crippen LogP contribution in [0.4, 0.5) is 0 Å². The monoisotopic (exact) mass is 152 g/mol. The van der Waals surface area contributed by atoms with Crippen LogP contribution < -0.4 is 6.15 Å². The molecule has 0 bridgehead atoms. The van der Waals surface area contributed by atoms with Gasteiger partial charge in [0.15, 0.2) is 0 Å². The zero-order valence-electron chi connectivity index (χ0n) is 4.67. The van der Waals surface area contributed by atoms with E-state index in [0.717, 1.165) is 0 Å². The summed E-state index contributed by atoms with van der Waals surface area (Å²) in [7, 11) is 0. The van der Waals surface area contributed by atoms with Crippen molar-refractivity contribution < 1.29 is 27.0 Å². The Morgan fingerprint density at radius 1 is 0.889 bits per heavy atom. The summed E-state index contributed by atoms with van der Waals surface area (Å²) in [5.41, 5.74) is 0. The topological polar surface area (TPSA) is 229 Å². The molecule has 0 heterocycles. The van der Waals surface area contributed by atoms with Gasteiger partial charge < -0.3 is 43.4 Å². The zero-order valence-corrected chi connectivity index (χ0v) is 4.67. The van der Waals surface area contributed by atoms with Gasteiger partial charge in [0.1, 0.15) is 0 Å². The average Bonchev–Trinajstić information content (AvgIpc) is 0.811. The molecule has 9 heteroatoms. The summed E-state index contributed by atoms with van der Waals surface area (Å²) in [5.74, 6) is 0. The van der Waals surface area contributed by atoms with E-state index in [-0.39, 0.29) is 28.1 Å². The van der Waals surface area contributed by atoms with Crippen molar-refractivity contribution in [1.82, 2.24) is 6.15 Å². The van der Waals surface area contributed by atoms with Crippen LogP contribution in [0.3, 0.4) is 0 Å². The Bertz CT molecular complexity index is 29.9. The van der Waals surface area contributed by atoms with Crippen LogP contribution in [0.25, 0.3) is 0 Å². The maximum absolute atomic E-state index is 8.25. The van der Waals surface area contributed by atoms with E-state index in [0.29, 0.717) is 0 Å². The highest BCUT2D eigenvalue weighted by Crippen LogP contribution is 1.44. The van der Waals surface area contributed by atoms with Crippen molar-refractivity contribution in [1.29, 1.82) is 0 Å². The second-order valence-electron chi connectivity index (χ2n) is 0.224. The van der Waals surface area contributed by atoms with Crippen LogP contribution in [0, 0.1) is 15.3 Å². The molecule has 0 aliphatic heterocycles. The van der Waals surface area contributed by atoms with E-state index >= 15 is 0 Å². The molecule has 0 unspecified atom stereocenters. The lowest BCUT2D eigenvalue weighted by atomic mass is 13.1. The molecule has 0 saturated carbocycles. The van der Waals surface area contributed by atoms with Gasteiger partial charge in [-0.15, -0.1) is 0 Å². The Balaban J connectivity index is -0.00000000450. The van der Waals surface area contributed by atoms with Crippen LogP contribution in [-0.4, -0.2) is 27.0 Å². The standard InChI is InChI=1S/NO3.H3N.4H2O/c2-1(3)4;;;;;/h;1H3;4*1H2/q-1;;;;;/p+1. The molecule has 64 valence electrons. The fraction of sp³-hybridized carbons (Fsp3) is 0. The Labute approximate surface area is 49.8 Å². The van der Waals surface area contributed by atoms with Crippen molar-refractivity contribution in [3.63, 3.8) is 0 Å². The maximum Gasteiger partial charge on any atom is 0.0689 e. The van der Waals surface area contributed by atoms with Gasteiger partial charge in [0, 0.05) is 0 Å². The summed E-state index contributed by atoms with van der Waals surface area (Å²) in [6, 6.07) is 0. The van der Waals surface area contributed by atoms with Crippen LogP contribution in [0.15, 0.2) is 0 Å². The lowest BCUT2D eigenvalue weighted by Gasteiger charge is -1.74. The molecule has 0 atom stereocenters. The molecule has 0 saturated heterocycles. The van der Waals surface area contributed by atoms with Crippen molar-refractivity contribution in [3.05, 3.63) is 15.3 Å². The lowest BCUT2D eigenvalue weighted by molar-refractivity contribution is -0.402. The van der Waals surface area contributed by atoms with Gasteiger partial charge >= 0.3 is 0 Å². The second kappa shape index (κ2) is 63.0. The zero-order chi connectivity index (χ0) is 3.58. The molecule has 0 aliphatic rings. The number of hydrogen-bond acceptors (Lipinski definition) is 3. The number of quaternary nitrogens is 1. The molecule has 0 aromatic rings. The molecule has 9 nitrogen and oxygen atoms in total. The largest absolute Gasteiger partial charge is 0.412 e. The maximum atomic E-state index is 8.25. The van der Waals surface area contributed by atoms with E-state index in [4.69, 9.17) is 15.3 Å². The quantitative estimate of drug-likeness (QED) is 0.279. The third-order valence-electron chi connectivity index (χ3n) is 0. The molecule has 0 fully saturated rings. The van der Waals surface area contributed by atoms with Gasteiger partial charge in [0.05, 0.1) is 5.09 Å². The van der Waals surface area contributed by atoms with Gasteiger partial charge in [-0.05, 0) is 0 Å². The second-order valence-corrected chi connectivity index (χ2v) is 0.224. The summed E-state index contributed by atoms with van der Waals surface area (Å²) in [6.07, 6.45) is 0. The third-order valence-corrected chi connectivity index (χ3v) is 0. The summed E-state index contributed by atoms with van der Waals surface area (Å²) in [4.78, 5) is 8.25. The van der Waals surface area contributed by atoms with Crippen molar-refractivity contribution >= 4 is 0 Å². The van der Waals surface area contributed by atoms with Gasteiger partial charge in [-0.25, -0.2) is 0 Å². The molecule has 12 N–H and O–H groups in total. The van der Waals surface area contributed by atoms with Crippen LogP contribution in [0.1, 0.15) is 0 Å². The Kier molecular flexibility index (Phi) is 686. The summed E-state index contributed by atoms with van der Waals surface area (Å²) in [5, 5.41) is 14.8. The Morgan fingerprint density at radius 3 is 0.889 bits per heavy atom. The fourth-order valence-electron chi connectivity index (χ4n) is 0. The van der Waals surface area contributed by atoms with Gasteiger partial charge in [0.25, 0.3) is 0 Å². The summed E-state index contributed by atoms with van der Waals surface area (Å²) >= 11 is 0. The Morgan fingerprint density at radius 2 is 0.889 bits per heavy atom. The number of rotatable bonds is 0. The molecular weight excluding hydrogens is 140 g/mol. The minimum atomic E-state index is -1.75. The minimum absolute atomic E-state index is 0. The smallest absolute Gasteiger partial charge is 0.0689 e. The molecule has 0 spiro atoms. The van der Waals surface area contributed by atoms with Crippen LogP contribution in [-0.2, 0) is 0 Å². The van der Waals surface area contributed by atoms with Gasteiger partial charge in [-0.3, -0.25) is 0 Å². The van der Waals surface area contributed by atoms with Gasteiger partial charge in [0.2, 0.25) is 0 Å². The van der Waals surface area contributed by atoms with Crippen LogP contribution >= 0.6 is 0 Å². The molecule has 0 aromatic carbocycles. The molecule has 0 aromatic heterocycles. The highest BCUT2D eigenvalue weighted by molar-refractivity contribution is 4.03. The van der Waals surface area contributed by atoms with E-state index < -0.39 is 5.09 Å². The molecule has 0 amide bonds. The molecule has 9 heavy (non-hydrogen) atoms. The van der Waals surface area contributed by atoms with E-state index in [9.17, 15) is 0 Å². The first-order valence-corrected chi connectivity index (χ1v) is 0.548. The SMILES string of the molecule is O.O.O.O.O=[N+]([O-])[O-].[NH4+]. The summed E-state index contributed by atoms with van der Waals surface area (Å²) in [6.45, 7) is 0. The average molecular weight is 152 g/mol. The van der Waals surface area contributed by atoms with Crippen molar-refractivity contribution in [2.45, 2.75) is 0 Å². The Hall–Kier alpha value is -1.00. The lowest BCUT2D eigenvalue weighted by Crippen LogP contribution is -1.74. The van der Waals surface area contributed by atoms with Gasteiger partial charge in [-0.2, -0.15) is 0 Å². The highest BCUT2D eigenvalue weighted by atomic mass is 16.9. The molecule has 0 rings (SSSR count). The van der Waals surface area contributed by atoms with E-state index in [1.54, 1.807) is 0 Å². The van der Waals surface area contributed by atoms with Crippen LogP contribution in [0.2, 0.25) is 0 Å². The minimum Gasteiger partial charge on any atom is -0.412 e. The first-order chi connectivity index (χ1) is 1.73. The molecular formula is H12N2O7.